The molecule has 4 nitrogen and oxygen atoms in total. The van der Waals surface area contributed by atoms with E-state index >= 15 is 0 Å². The Labute approximate surface area is 97.9 Å². The highest BCUT2D eigenvalue weighted by atomic mass is 32.2. The fraction of sp³-hybridized carbons (Fsp3) is 0.364. The minimum Gasteiger partial charge on any atom is -0.316 e. The molecule has 0 bridgehead atoms. The van der Waals surface area contributed by atoms with E-state index in [-0.39, 0.29) is 0 Å². The van der Waals surface area contributed by atoms with Crippen LogP contribution in [0.15, 0.2) is 29.7 Å². The normalized spacial score (nSPS) is 15.2. The van der Waals surface area contributed by atoms with Gasteiger partial charge in [0.1, 0.15) is 0 Å². The van der Waals surface area contributed by atoms with E-state index in [4.69, 9.17) is 0 Å². The predicted octanol–water partition coefficient (Wildman–Crippen LogP) is 2.37. The van der Waals surface area contributed by atoms with Crippen LogP contribution in [0, 0.1) is 5.92 Å². The van der Waals surface area contributed by atoms with Gasteiger partial charge in [-0.1, -0.05) is 11.8 Å². The highest BCUT2D eigenvalue weighted by Gasteiger charge is 2.21. The second kappa shape index (κ2) is 4.25. The van der Waals surface area contributed by atoms with Gasteiger partial charge in [0.25, 0.3) is 0 Å². The number of pyridine rings is 1. The second-order valence-electron chi connectivity index (χ2n) is 3.97. The van der Waals surface area contributed by atoms with Gasteiger partial charge in [0.15, 0.2) is 11.0 Å². The van der Waals surface area contributed by atoms with Crippen molar-refractivity contribution in [1.82, 2.24) is 20.2 Å². The average molecular weight is 232 g/mol. The largest absolute Gasteiger partial charge is 0.316 e. The van der Waals surface area contributed by atoms with E-state index in [9.17, 15) is 0 Å². The van der Waals surface area contributed by atoms with Crippen molar-refractivity contribution in [2.24, 2.45) is 5.92 Å². The molecule has 0 saturated heterocycles. The number of hydrogen-bond acceptors (Lipinski definition) is 4. The molecular weight excluding hydrogens is 220 g/mol. The monoisotopic (exact) mass is 232 g/mol. The lowest BCUT2D eigenvalue weighted by Crippen LogP contribution is -1.83. The summed E-state index contributed by atoms with van der Waals surface area (Å²) in [5, 5.41) is 9.15. The first kappa shape index (κ1) is 9.84. The van der Waals surface area contributed by atoms with Crippen molar-refractivity contribution in [2.45, 2.75) is 18.0 Å². The Kier molecular flexibility index (Phi) is 2.61. The Hall–Kier alpha value is -1.36. The van der Waals surface area contributed by atoms with Crippen molar-refractivity contribution < 1.29 is 0 Å². The fourth-order valence-electron chi connectivity index (χ4n) is 1.43. The molecule has 0 amide bonds. The molecule has 1 aliphatic carbocycles. The van der Waals surface area contributed by atoms with E-state index < -0.39 is 0 Å². The van der Waals surface area contributed by atoms with E-state index in [1.165, 1.54) is 12.8 Å². The summed E-state index contributed by atoms with van der Waals surface area (Å²) in [5.41, 5.74) is 0.980. The zero-order valence-electron chi connectivity index (χ0n) is 8.76. The number of thioether (sulfide) groups is 1. The molecule has 1 aliphatic rings. The zero-order valence-corrected chi connectivity index (χ0v) is 9.57. The summed E-state index contributed by atoms with van der Waals surface area (Å²) in [6, 6.07) is 3.87. The third-order valence-corrected chi connectivity index (χ3v) is 3.65. The van der Waals surface area contributed by atoms with Crippen molar-refractivity contribution >= 4 is 11.8 Å². The lowest BCUT2D eigenvalue weighted by molar-refractivity contribution is 0.952. The molecule has 0 aromatic carbocycles. The molecule has 0 spiro atoms. The molecule has 2 heterocycles. The van der Waals surface area contributed by atoms with Gasteiger partial charge in [-0.3, -0.25) is 4.98 Å². The maximum absolute atomic E-state index is 4.12. The van der Waals surface area contributed by atoms with Crippen molar-refractivity contribution in [3.63, 3.8) is 0 Å². The van der Waals surface area contributed by atoms with Gasteiger partial charge >= 0.3 is 0 Å². The maximum Gasteiger partial charge on any atom is 0.188 e. The number of H-pyrrole nitrogens is 1. The number of aromatic amines is 1. The molecule has 0 unspecified atom stereocenters. The average Bonchev–Trinajstić information content (AvgIpc) is 3.05. The van der Waals surface area contributed by atoms with Crippen LogP contribution in [0.5, 0.6) is 0 Å². The molecule has 3 rings (SSSR count). The molecule has 16 heavy (non-hydrogen) atoms. The lowest BCUT2D eigenvalue weighted by atomic mass is 10.3. The van der Waals surface area contributed by atoms with E-state index in [2.05, 4.69) is 20.2 Å². The van der Waals surface area contributed by atoms with Gasteiger partial charge in [-0.25, -0.2) is 0 Å². The molecule has 1 saturated carbocycles. The number of hydrogen-bond donors (Lipinski definition) is 1. The van der Waals surface area contributed by atoms with E-state index in [0.717, 1.165) is 28.2 Å². The highest BCUT2D eigenvalue weighted by molar-refractivity contribution is 7.99. The van der Waals surface area contributed by atoms with Crippen LogP contribution in [-0.2, 0) is 0 Å². The van der Waals surface area contributed by atoms with Gasteiger partial charge in [-0.05, 0) is 30.9 Å². The van der Waals surface area contributed by atoms with Gasteiger partial charge in [0.2, 0.25) is 0 Å². The summed E-state index contributed by atoms with van der Waals surface area (Å²) in [5.74, 6) is 2.85. The Morgan fingerprint density at radius 1 is 1.38 bits per heavy atom. The molecule has 5 heteroatoms. The Balaban J connectivity index is 1.71. The third-order valence-electron chi connectivity index (χ3n) is 2.55. The number of rotatable bonds is 4. The smallest absolute Gasteiger partial charge is 0.188 e. The van der Waals surface area contributed by atoms with Crippen LogP contribution in [0.25, 0.3) is 11.4 Å². The second-order valence-corrected chi connectivity index (χ2v) is 4.98. The van der Waals surface area contributed by atoms with Crippen molar-refractivity contribution in [3.05, 3.63) is 24.5 Å². The van der Waals surface area contributed by atoms with Crippen LogP contribution in [0.1, 0.15) is 12.8 Å². The van der Waals surface area contributed by atoms with Gasteiger partial charge < -0.3 is 4.98 Å². The third kappa shape index (κ3) is 2.24. The lowest BCUT2D eigenvalue weighted by Gasteiger charge is -1.94. The molecule has 0 atom stereocenters. The van der Waals surface area contributed by atoms with Crippen molar-refractivity contribution in [1.29, 1.82) is 0 Å². The SMILES string of the molecule is c1cncc(-c2nnc(SCC3CC3)[nH]2)c1. The molecule has 0 radical (unpaired) electrons. The van der Waals surface area contributed by atoms with Crippen LogP contribution in [0.2, 0.25) is 0 Å². The first-order chi connectivity index (χ1) is 7.92. The molecular formula is C11H12N4S. The number of nitrogens with one attached hydrogen (secondary N) is 1. The molecule has 0 aliphatic heterocycles. The molecule has 82 valence electrons. The number of nitrogens with zero attached hydrogens (tertiary/aromatic N) is 3. The summed E-state index contributed by atoms with van der Waals surface area (Å²) in [7, 11) is 0. The van der Waals surface area contributed by atoms with Crippen LogP contribution < -0.4 is 0 Å². The Morgan fingerprint density at radius 3 is 3.06 bits per heavy atom. The summed E-state index contributed by atoms with van der Waals surface area (Å²) in [6.45, 7) is 0. The maximum atomic E-state index is 4.12. The Bertz CT molecular complexity index is 464. The summed E-state index contributed by atoms with van der Waals surface area (Å²) >= 11 is 1.76. The van der Waals surface area contributed by atoms with E-state index in [0.29, 0.717) is 0 Å². The highest BCUT2D eigenvalue weighted by Crippen LogP contribution is 2.34. The van der Waals surface area contributed by atoms with Crippen molar-refractivity contribution in [3.8, 4) is 11.4 Å². The van der Waals surface area contributed by atoms with Gasteiger partial charge in [0, 0.05) is 23.7 Å². The summed E-state index contributed by atoms with van der Waals surface area (Å²) < 4.78 is 0. The van der Waals surface area contributed by atoms with Crippen LogP contribution in [0.3, 0.4) is 0 Å². The fourth-order valence-corrected chi connectivity index (χ4v) is 2.42. The van der Waals surface area contributed by atoms with E-state index in [1.807, 2.05) is 12.1 Å². The minimum absolute atomic E-state index is 0.798. The standard InChI is InChI=1S/C11H12N4S/c1-2-9(6-12-5-1)10-13-11(15-14-10)16-7-8-3-4-8/h1-2,5-6,8H,3-4,7H2,(H,13,14,15). The van der Waals surface area contributed by atoms with Crippen LogP contribution in [0.4, 0.5) is 0 Å². The minimum atomic E-state index is 0.798. The van der Waals surface area contributed by atoms with Gasteiger partial charge in [-0.2, -0.15) is 0 Å². The zero-order chi connectivity index (χ0) is 10.8. The summed E-state index contributed by atoms with van der Waals surface area (Å²) in [4.78, 5) is 7.27. The molecule has 2 aromatic heterocycles. The molecule has 2 aromatic rings. The Morgan fingerprint density at radius 2 is 2.31 bits per heavy atom. The number of aromatic nitrogens is 4. The van der Waals surface area contributed by atoms with Gasteiger partial charge in [0.05, 0.1) is 0 Å². The van der Waals surface area contributed by atoms with Crippen LogP contribution >= 0.6 is 11.8 Å². The molecule has 1 N–H and O–H groups in total. The van der Waals surface area contributed by atoms with E-state index in [1.54, 1.807) is 24.2 Å². The predicted molar refractivity (Wildman–Crippen MR) is 63.1 cm³/mol. The van der Waals surface area contributed by atoms with Crippen molar-refractivity contribution in [2.75, 3.05) is 5.75 Å². The molecule has 1 fully saturated rings. The first-order valence-corrected chi connectivity index (χ1v) is 6.36. The van der Waals surface area contributed by atoms with Gasteiger partial charge in [-0.15, -0.1) is 10.2 Å². The first-order valence-electron chi connectivity index (χ1n) is 5.38. The topological polar surface area (TPSA) is 54.5 Å². The summed E-state index contributed by atoms with van der Waals surface area (Å²) in [6.07, 6.45) is 6.28. The quantitative estimate of drug-likeness (QED) is 0.822. The van der Waals surface area contributed by atoms with Crippen LogP contribution in [-0.4, -0.2) is 25.9 Å².